The number of allylic oxidation sites excluding steroid dienone is 2. The van der Waals surface area contributed by atoms with Crippen molar-refractivity contribution >= 4 is 35.0 Å². The van der Waals surface area contributed by atoms with E-state index in [1.54, 1.807) is 32.3 Å². The molecule has 24 heavy (non-hydrogen) atoms. The van der Waals surface area contributed by atoms with E-state index in [4.69, 9.17) is 9.47 Å². The van der Waals surface area contributed by atoms with Crippen LogP contribution in [-0.4, -0.2) is 42.3 Å². The van der Waals surface area contributed by atoms with Crippen molar-refractivity contribution in [2.24, 2.45) is 0 Å². The first kappa shape index (κ1) is 17.8. The first-order chi connectivity index (χ1) is 11.5. The molecule has 0 aliphatic carbocycles. The molecule has 1 aromatic carbocycles. The number of hydrogen-bond acceptors (Lipinski definition) is 6. The summed E-state index contributed by atoms with van der Waals surface area (Å²) in [6, 6.07) is 7.39. The average molecular weight is 347 g/mol. The molecule has 1 fully saturated rings. The fourth-order valence-corrected chi connectivity index (χ4v) is 2.74. The maximum atomic E-state index is 12.1. The van der Waals surface area contributed by atoms with Crippen LogP contribution in [-0.2, 0) is 14.3 Å². The van der Waals surface area contributed by atoms with Crippen molar-refractivity contribution in [2.45, 2.75) is 6.92 Å². The number of nitrogens with zero attached hydrogens (tertiary/aromatic N) is 1. The number of benzene rings is 1. The minimum Gasteiger partial charge on any atom is -0.497 e. The number of hydrogen-bond donors (Lipinski definition) is 0. The van der Waals surface area contributed by atoms with Gasteiger partial charge in [-0.1, -0.05) is 24.3 Å². The van der Waals surface area contributed by atoms with Crippen molar-refractivity contribution in [3.05, 3.63) is 46.9 Å². The molecule has 126 valence electrons. The number of rotatable bonds is 6. The van der Waals surface area contributed by atoms with E-state index in [2.05, 4.69) is 0 Å². The molecular weight excluding hydrogens is 330 g/mol. The summed E-state index contributed by atoms with van der Waals surface area (Å²) in [6.07, 6.45) is 5.04. The van der Waals surface area contributed by atoms with Crippen LogP contribution in [0.2, 0.25) is 0 Å². The molecule has 1 saturated heterocycles. The highest BCUT2D eigenvalue weighted by Gasteiger charge is 2.36. The summed E-state index contributed by atoms with van der Waals surface area (Å²) >= 11 is 0.803. The molecule has 0 bridgehead atoms. The SMILES string of the molecule is CCOC(=O)CN1C(=O)SC(=CC=Cc2ccc(OC)cc2)C1=O. The Morgan fingerprint density at radius 1 is 1.25 bits per heavy atom. The standard InChI is InChI=1S/C17H17NO5S/c1-3-23-15(19)11-18-16(20)14(24-17(18)21)6-4-5-12-7-9-13(22-2)10-8-12/h4-10H,3,11H2,1-2H3. The summed E-state index contributed by atoms with van der Waals surface area (Å²) in [5, 5.41) is -0.475. The van der Waals surface area contributed by atoms with Gasteiger partial charge in [0.05, 0.1) is 18.6 Å². The number of imide groups is 1. The Bertz CT molecular complexity index is 693. The minimum atomic E-state index is -0.602. The molecular formula is C17H17NO5S. The van der Waals surface area contributed by atoms with Crippen molar-refractivity contribution in [3.63, 3.8) is 0 Å². The van der Waals surface area contributed by atoms with Crippen molar-refractivity contribution in [3.8, 4) is 5.75 Å². The van der Waals surface area contributed by atoms with E-state index in [1.165, 1.54) is 0 Å². The number of carbonyl (C=O) groups excluding carboxylic acids is 3. The van der Waals surface area contributed by atoms with Crippen LogP contribution in [0.15, 0.2) is 41.3 Å². The highest BCUT2D eigenvalue weighted by Crippen LogP contribution is 2.30. The third-order valence-electron chi connectivity index (χ3n) is 3.12. The molecule has 7 heteroatoms. The Kier molecular flexibility index (Phi) is 6.20. The van der Waals surface area contributed by atoms with Gasteiger partial charge in [0, 0.05) is 0 Å². The summed E-state index contributed by atoms with van der Waals surface area (Å²) in [6.45, 7) is 1.50. The quantitative estimate of drug-likeness (QED) is 0.582. The smallest absolute Gasteiger partial charge is 0.326 e. The Balaban J connectivity index is 2.02. The first-order valence-electron chi connectivity index (χ1n) is 7.27. The number of ether oxygens (including phenoxy) is 2. The van der Waals surface area contributed by atoms with Crippen LogP contribution in [0.5, 0.6) is 5.75 Å². The number of thioether (sulfide) groups is 1. The summed E-state index contributed by atoms with van der Waals surface area (Å²) in [5.74, 6) is -0.334. The predicted octanol–water partition coefficient (Wildman–Crippen LogP) is 2.85. The molecule has 0 unspecified atom stereocenters. The average Bonchev–Trinajstić information content (AvgIpc) is 2.83. The van der Waals surface area contributed by atoms with E-state index in [-0.39, 0.29) is 18.1 Å². The van der Waals surface area contributed by atoms with Gasteiger partial charge in [0.1, 0.15) is 12.3 Å². The molecule has 1 aliphatic heterocycles. The van der Waals surface area contributed by atoms with Gasteiger partial charge in [-0.15, -0.1) is 0 Å². The second-order valence-corrected chi connectivity index (χ2v) is 5.72. The number of carbonyl (C=O) groups is 3. The highest BCUT2D eigenvalue weighted by molar-refractivity contribution is 8.18. The van der Waals surface area contributed by atoms with Gasteiger partial charge in [0.25, 0.3) is 11.1 Å². The molecule has 1 aromatic rings. The summed E-state index contributed by atoms with van der Waals surface area (Å²) in [4.78, 5) is 36.5. The molecule has 0 radical (unpaired) electrons. The van der Waals surface area contributed by atoms with Crippen LogP contribution in [0.3, 0.4) is 0 Å². The van der Waals surface area contributed by atoms with Crippen LogP contribution in [0, 0.1) is 0 Å². The van der Waals surface area contributed by atoms with Gasteiger partial charge in [-0.3, -0.25) is 19.3 Å². The molecule has 0 saturated carbocycles. The number of methoxy groups -OCH3 is 1. The topological polar surface area (TPSA) is 72.9 Å². The lowest BCUT2D eigenvalue weighted by atomic mass is 10.2. The highest BCUT2D eigenvalue weighted by atomic mass is 32.2. The van der Waals surface area contributed by atoms with E-state index in [0.29, 0.717) is 0 Å². The summed E-state index contributed by atoms with van der Waals surface area (Å²) in [5.41, 5.74) is 0.929. The van der Waals surface area contributed by atoms with Crippen LogP contribution >= 0.6 is 11.8 Å². The number of amides is 2. The third kappa shape index (κ3) is 4.48. The van der Waals surface area contributed by atoms with Gasteiger partial charge in [-0.25, -0.2) is 0 Å². The maximum Gasteiger partial charge on any atom is 0.326 e. The lowest BCUT2D eigenvalue weighted by Gasteiger charge is -2.10. The Labute approximate surface area is 144 Å². The lowest BCUT2D eigenvalue weighted by Crippen LogP contribution is -2.34. The monoisotopic (exact) mass is 347 g/mol. The predicted molar refractivity (Wildman–Crippen MR) is 91.4 cm³/mol. The zero-order valence-electron chi connectivity index (χ0n) is 13.4. The van der Waals surface area contributed by atoms with E-state index in [9.17, 15) is 14.4 Å². The van der Waals surface area contributed by atoms with Crippen molar-refractivity contribution < 1.29 is 23.9 Å². The lowest BCUT2D eigenvalue weighted by molar-refractivity contribution is -0.146. The molecule has 1 heterocycles. The molecule has 1 aliphatic rings. The van der Waals surface area contributed by atoms with Gasteiger partial charge in [0.2, 0.25) is 0 Å². The van der Waals surface area contributed by atoms with Crippen LogP contribution < -0.4 is 4.74 Å². The van der Waals surface area contributed by atoms with E-state index in [0.717, 1.165) is 28.0 Å². The van der Waals surface area contributed by atoms with Crippen molar-refractivity contribution in [1.82, 2.24) is 4.90 Å². The maximum absolute atomic E-state index is 12.1. The van der Waals surface area contributed by atoms with Gasteiger partial charge >= 0.3 is 5.97 Å². The van der Waals surface area contributed by atoms with Gasteiger partial charge in [-0.05, 0) is 42.5 Å². The van der Waals surface area contributed by atoms with Crippen molar-refractivity contribution in [1.29, 1.82) is 0 Å². The minimum absolute atomic E-state index is 0.204. The second-order valence-electron chi connectivity index (χ2n) is 4.73. The molecule has 2 rings (SSSR count). The van der Waals surface area contributed by atoms with Crippen LogP contribution in [0.25, 0.3) is 6.08 Å². The second kappa shape index (κ2) is 8.35. The first-order valence-corrected chi connectivity index (χ1v) is 8.08. The fraction of sp³-hybridized carbons (Fsp3) is 0.235. The largest absolute Gasteiger partial charge is 0.497 e. The normalized spacial score (nSPS) is 16.2. The van der Waals surface area contributed by atoms with Gasteiger partial charge < -0.3 is 9.47 Å². The zero-order valence-corrected chi connectivity index (χ0v) is 14.2. The van der Waals surface area contributed by atoms with Gasteiger partial charge in [0.15, 0.2) is 0 Å². The van der Waals surface area contributed by atoms with E-state index in [1.807, 2.05) is 24.3 Å². The molecule has 2 amide bonds. The van der Waals surface area contributed by atoms with Crippen molar-refractivity contribution in [2.75, 3.05) is 20.3 Å². The Hall–Kier alpha value is -2.54. The summed E-state index contributed by atoms with van der Waals surface area (Å²) < 4.78 is 9.83. The molecule has 0 aromatic heterocycles. The van der Waals surface area contributed by atoms with E-state index < -0.39 is 17.1 Å². The van der Waals surface area contributed by atoms with Gasteiger partial charge in [-0.2, -0.15) is 0 Å². The number of esters is 1. The fourth-order valence-electron chi connectivity index (χ4n) is 1.95. The van der Waals surface area contributed by atoms with Crippen LogP contribution in [0.1, 0.15) is 12.5 Å². The Morgan fingerprint density at radius 2 is 1.96 bits per heavy atom. The molecule has 0 spiro atoms. The summed E-state index contributed by atoms with van der Waals surface area (Å²) in [7, 11) is 1.59. The molecule has 6 nitrogen and oxygen atoms in total. The molecule has 0 N–H and O–H groups in total. The third-order valence-corrected chi connectivity index (χ3v) is 4.04. The van der Waals surface area contributed by atoms with E-state index >= 15 is 0 Å². The zero-order chi connectivity index (χ0) is 17.5. The Morgan fingerprint density at radius 3 is 2.58 bits per heavy atom. The molecule has 0 atom stereocenters. The van der Waals surface area contributed by atoms with Crippen LogP contribution in [0.4, 0.5) is 4.79 Å².